The largest absolute Gasteiger partial charge is 0.365 e. The van der Waals surface area contributed by atoms with Gasteiger partial charge in [0, 0.05) is 43.3 Å². The average Bonchev–Trinajstić information content (AvgIpc) is 2.90. The first-order valence-corrected chi connectivity index (χ1v) is 16.3. The zero-order chi connectivity index (χ0) is 28.4. The van der Waals surface area contributed by atoms with Crippen molar-refractivity contribution < 1.29 is 9.13 Å². The molecule has 3 fully saturated rings. The topological polar surface area (TPSA) is 31.3 Å². The lowest BCUT2D eigenvalue weighted by Crippen LogP contribution is -2.60. The van der Waals surface area contributed by atoms with Crippen LogP contribution >= 0.6 is 9.39 Å². The van der Waals surface area contributed by atoms with Crippen molar-refractivity contribution in [2.45, 2.75) is 69.8 Å². The fourth-order valence-corrected chi connectivity index (χ4v) is 7.96. The highest BCUT2D eigenvalue weighted by Crippen LogP contribution is 2.44. The normalized spacial score (nSPS) is 21.6. The second-order valence-electron chi connectivity index (χ2n) is 11.2. The maximum absolute atomic E-state index is 13.6. The summed E-state index contributed by atoms with van der Waals surface area (Å²) in [7, 11) is 0.541. The highest BCUT2D eigenvalue weighted by Gasteiger charge is 2.49. The third-order valence-electron chi connectivity index (χ3n) is 8.51. The van der Waals surface area contributed by atoms with Crippen molar-refractivity contribution in [3.63, 3.8) is 0 Å². The molecule has 1 aromatic rings. The molecular weight excluding hydrogens is 507 g/mol. The van der Waals surface area contributed by atoms with Crippen LogP contribution < -0.4 is 0 Å². The number of hydrogen-bond acceptors (Lipinski definition) is 5. The molecule has 7 heteroatoms. The number of aryl methyl sites for hydroxylation is 1. The van der Waals surface area contributed by atoms with Gasteiger partial charge in [-0.3, -0.25) is 4.31 Å². The highest BCUT2D eigenvalue weighted by atomic mass is 32.2. The summed E-state index contributed by atoms with van der Waals surface area (Å²) in [6.07, 6.45) is 6.38. The van der Waals surface area contributed by atoms with Gasteiger partial charge in [0.25, 0.3) is 0 Å². The van der Waals surface area contributed by atoms with Crippen LogP contribution in [-0.4, -0.2) is 83.7 Å². The molecule has 0 bridgehead atoms. The van der Waals surface area contributed by atoms with Crippen LogP contribution in [0.5, 0.6) is 0 Å². The van der Waals surface area contributed by atoms with E-state index in [0.717, 1.165) is 99.1 Å². The average molecular weight is 555 g/mol. The lowest BCUT2D eigenvalue weighted by Gasteiger charge is -2.51. The summed E-state index contributed by atoms with van der Waals surface area (Å²) < 4.78 is 22.0. The Morgan fingerprint density at radius 3 is 2.41 bits per heavy atom. The number of fused-ring (bicyclic) bond motifs is 2. The number of likely N-dealkylation sites (N-methyl/N-ethyl adjacent to an activating group) is 1. The highest BCUT2D eigenvalue weighted by molar-refractivity contribution is 8.25. The van der Waals surface area contributed by atoms with Gasteiger partial charge in [-0.15, -0.1) is 9.39 Å². The number of ether oxygens (including phenoxy) is 1. The van der Waals surface area contributed by atoms with E-state index in [4.69, 9.17) is 9.73 Å². The van der Waals surface area contributed by atoms with Gasteiger partial charge in [0.05, 0.1) is 12.3 Å². The molecule has 5 nitrogen and oxygen atoms in total. The summed E-state index contributed by atoms with van der Waals surface area (Å²) in [6.45, 7) is 20.5. The molecule has 1 aromatic carbocycles. The van der Waals surface area contributed by atoms with E-state index in [1.165, 1.54) is 23.6 Å². The van der Waals surface area contributed by atoms with Crippen molar-refractivity contribution in [2.24, 2.45) is 4.99 Å². The van der Waals surface area contributed by atoms with Crippen molar-refractivity contribution in [3.05, 3.63) is 65.3 Å². The molecule has 39 heavy (non-hydrogen) atoms. The number of halogens is 1. The molecule has 5 rings (SSSR count). The molecule has 3 heterocycles. The Kier molecular flexibility index (Phi) is 9.26. The predicted octanol–water partition coefficient (Wildman–Crippen LogP) is 6.38. The Bertz CT molecular complexity index is 1270. The molecule has 2 saturated heterocycles. The van der Waals surface area contributed by atoms with Crippen LogP contribution in [0, 0.1) is 5.82 Å². The molecule has 0 atom stereocenters. The van der Waals surface area contributed by atoms with E-state index < -0.39 is 9.39 Å². The standard InChI is InChI=1S/C17H24N2O.C15H23FN2S/c1-5-7-12(2)15-13(3)14(4)19-10-11-20-17(8-6-9-17)16(19)18-15;1-5-13-6-7-14(16)12-15(13)19(3,4)18-10-8-17(2)9-11-18/h2,4-11H2,1,3H3;6-7,12H,3-5,8-11H2,1-2H3. The third kappa shape index (κ3) is 5.97. The molecule has 3 aliphatic heterocycles. The van der Waals surface area contributed by atoms with Crippen LogP contribution in [0.4, 0.5) is 4.39 Å². The first-order valence-electron chi connectivity index (χ1n) is 14.3. The smallest absolute Gasteiger partial charge is 0.142 e. The van der Waals surface area contributed by atoms with Crippen LogP contribution in [0.1, 0.15) is 58.4 Å². The SMILES string of the molecule is C=C(CCC)C1=C(C)C(=C)N2CCOC3(CCC3)C2=N1.C=S(=C)(c1cc(F)ccc1CC)N1CCN(C)CC1. The van der Waals surface area contributed by atoms with Crippen molar-refractivity contribution >= 4 is 27.0 Å². The van der Waals surface area contributed by atoms with Crippen molar-refractivity contribution in [3.8, 4) is 0 Å². The minimum absolute atomic E-state index is 0.139. The van der Waals surface area contributed by atoms with Crippen LogP contribution in [0.25, 0.3) is 0 Å². The summed E-state index contributed by atoms with van der Waals surface area (Å²) in [6, 6.07) is 5.03. The number of rotatable bonds is 6. The van der Waals surface area contributed by atoms with E-state index in [1.807, 2.05) is 6.07 Å². The number of amidine groups is 1. The molecular formula is C32H47FN4OS. The lowest BCUT2D eigenvalue weighted by atomic mass is 9.76. The van der Waals surface area contributed by atoms with Gasteiger partial charge in [0.15, 0.2) is 0 Å². The quantitative estimate of drug-likeness (QED) is 0.382. The van der Waals surface area contributed by atoms with Gasteiger partial charge in [-0.25, -0.2) is 9.38 Å². The number of piperazine rings is 1. The summed E-state index contributed by atoms with van der Waals surface area (Å²) >= 11 is 0. The van der Waals surface area contributed by atoms with Crippen LogP contribution in [0.3, 0.4) is 0 Å². The second-order valence-corrected chi connectivity index (χ2v) is 13.9. The van der Waals surface area contributed by atoms with E-state index in [0.29, 0.717) is 0 Å². The van der Waals surface area contributed by atoms with E-state index in [2.05, 4.69) is 66.8 Å². The minimum Gasteiger partial charge on any atom is -0.365 e. The number of nitrogens with zero attached hydrogens (tertiary/aromatic N) is 4. The molecule has 0 radical (unpaired) electrons. The van der Waals surface area contributed by atoms with Gasteiger partial charge in [0.2, 0.25) is 0 Å². The first kappa shape index (κ1) is 29.8. The van der Waals surface area contributed by atoms with Gasteiger partial charge in [-0.05, 0) is 74.9 Å². The lowest BCUT2D eigenvalue weighted by molar-refractivity contribution is -0.0734. The van der Waals surface area contributed by atoms with E-state index in [9.17, 15) is 4.39 Å². The summed E-state index contributed by atoms with van der Waals surface area (Å²) in [4.78, 5) is 10.5. The predicted molar refractivity (Wildman–Crippen MR) is 168 cm³/mol. The van der Waals surface area contributed by atoms with E-state index >= 15 is 0 Å². The van der Waals surface area contributed by atoms with Crippen molar-refractivity contribution in [2.75, 3.05) is 46.4 Å². The maximum Gasteiger partial charge on any atom is 0.142 e. The van der Waals surface area contributed by atoms with Gasteiger partial charge in [-0.2, -0.15) is 0 Å². The third-order valence-corrected chi connectivity index (χ3v) is 11.1. The fourth-order valence-electron chi connectivity index (χ4n) is 5.78. The molecule has 1 spiro atoms. The number of aliphatic imine (C=N–C) groups is 1. The van der Waals surface area contributed by atoms with E-state index in [1.54, 1.807) is 6.07 Å². The Labute approximate surface area is 236 Å². The molecule has 4 aliphatic rings. The van der Waals surface area contributed by atoms with Crippen LogP contribution in [0.15, 0.2) is 63.8 Å². The Hall–Kier alpha value is -2.19. The number of hydrogen-bond donors (Lipinski definition) is 0. The van der Waals surface area contributed by atoms with Gasteiger partial charge in [0.1, 0.15) is 17.3 Å². The van der Waals surface area contributed by atoms with E-state index in [-0.39, 0.29) is 11.4 Å². The van der Waals surface area contributed by atoms with Crippen LogP contribution in [-0.2, 0) is 11.2 Å². The maximum atomic E-state index is 13.6. The molecule has 1 saturated carbocycles. The molecule has 0 amide bonds. The number of benzene rings is 1. The zero-order valence-corrected chi connectivity index (χ0v) is 25.3. The van der Waals surface area contributed by atoms with Gasteiger partial charge in [-0.1, -0.05) is 51.2 Å². The fraction of sp³-hybridized carbons (Fsp3) is 0.531. The van der Waals surface area contributed by atoms with Gasteiger partial charge < -0.3 is 14.5 Å². The van der Waals surface area contributed by atoms with Crippen LogP contribution in [0.2, 0.25) is 0 Å². The van der Waals surface area contributed by atoms with Crippen molar-refractivity contribution in [1.29, 1.82) is 0 Å². The minimum atomic E-state index is -1.58. The monoisotopic (exact) mass is 554 g/mol. The Balaban J connectivity index is 0.000000181. The molecule has 0 aromatic heterocycles. The zero-order valence-electron chi connectivity index (χ0n) is 24.5. The first-order chi connectivity index (χ1) is 18.5. The number of morpholine rings is 1. The molecule has 0 unspecified atom stereocenters. The molecule has 214 valence electrons. The molecule has 1 aliphatic carbocycles. The van der Waals surface area contributed by atoms with Crippen molar-refractivity contribution in [1.82, 2.24) is 14.1 Å². The summed E-state index contributed by atoms with van der Waals surface area (Å²) in [5.41, 5.74) is 5.44. The second kappa shape index (κ2) is 12.1. The Morgan fingerprint density at radius 2 is 1.82 bits per heavy atom. The Morgan fingerprint density at radius 1 is 1.13 bits per heavy atom. The number of allylic oxidation sites excluding steroid dienone is 2. The summed E-state index contributed by atoms with van der Waals surface area (Å²) in [5, 5.41) is 0. The summed E-state index contributed by atoms with van der Waals surface area (Å²) in [5.74, 6) is 9.60. The van der Waals surface area contributed by atoms with Gasteiger partial charge >= 0.3 is 0 Å². The molecule has 0 N–H and O–H groups in total.